The number of benzene rings is 1. The molecule has 0 heterocycles. The Labute approximate surface area is 88.5 Å². The maximum atomic E-state index is 13.2. The number of carboxylic acids is 1. The third-order valence-electron chi connectivity index (χ3n) is 2.21. The van der Waals surface area contributed by atoms with Crippen molar-refractivity contribution in [2.75, 3.05) is 0 Å². The van der Waals surface area contributed by atoms with Crippen molar-refractivity contribution in [3.8, 4) is 0 Å². The van der Waals surface area contributed by atoms with Gasteiger partial charge in [0.25, 0.3) is 0 Å². The molecule has 16 heavy (non-hydrogen) atoms. The van der Waals surface area contributed by atoms with Crippen molar-refractivity contribution >= 4 is 5.97 Å². The van der Waals surface area contributed by atoms with Crippen molar-refractivity contribution in [2.24, 2.45) is 0 Å². The maximum Gasteiger partial charge on any atom is 0.311 e. The molecule has 1 aromatic rings. The van der Waals surface area contributed by atoms with E-state index in [4.69, 9.17) is 5.11 Å². The highest BCUT2D eigenvalue weighted by molar-refractivity contribution is 5.76. The molecule has 0 aliphatic carbocycles. The van der Waals surface area contributed by atoms with Gasteiger partial charge in [0.05, 0.1) is 5.92 Å². The minimum atomic E-state index is -1.99. The van der Waals surface area contributed by atoms with E-state index in [0.29, 0.717) is 6.07 Å². The predicted molar refractivity (Wildman–Crippen MR) is 46.9 cm³/mol. The highest BCUT2D eigenvalue weighted by Gasteiger charge is 2.27. The molecule has 0 spiro atoms. The Morgan fingerprint density at radius 3 is 2.25 bits per heavy atom. The summed E-state index contributed by atoms with van der Waals surface area (Å²) in [6, 6.07) is 0.371. The summed E-state index contributed by atoms with van der Waals surface area (Å²) in [5.74, 6) is -10.0. The van der Waals surface area contributed by atoms with Gasteiger partial charge < -0.3 is 5.11 Å². The molecular weight excluding hydrogens is 228 g/mol. The van der Waals surface area contributed by atoms with Gasteiger partial charge in [0.1, 0.15) is 0 Å². The van der Waals surface area contributed by atoms with Crippen molar-refractivity contribution in [1.82, 2.24) is 0 Å². The molecule has 0 aliphatic heterocycles. The summed E-state index contributed by atoms with van der Waals surface area (Å²) in [7, 11) is 0. The highest BCUT2D eigenvalue weighted by Crippen LogP contribution is 2.27. The summed E-state index contributed by atoms with van der Waals surface area (Å²) in [6.07, 6.45) is -0.0588. The summed E-state index contributed by atoms with van der Waals surface area (Å²) in [5.41, 5.74) is -0.689. The molecule has 0 aliphatic rings. The van der Waals surface area contributed by atoms with Crippen LogP contribution in [0.5, 0.6) is 0 Å². The van der Waals surface area contributed by atoms with E-state index in [0.717, 1.165) is 0 Å². The molecule has 1 aromatic carbocycles. The van der Waals surface area contributed by atoms with Gasteiger partial charge in [0.15, 0.2) is 23.3 Å². The second-order valence-corrected chi connectivity index (χ2v) is 3.19. The van der Waals surface area contributed by atoms with Crippen LogP contribution in [0.4, 0.5) is 17.6 Å². The molecule has 0 radical (unpaired) electrons. The van der Waals surface area contributed by atoms with Gasteiger partial charge >= 0.3 is 5.97 Å². The number of hydrogen-bond acceptors (Lipinski definition) is 1. The van der Waals surface area contributed by atoms with E-state index in [1.54, 1.807) is 0 Å². The summed E-state index contributed by atoms with van der Waals surface area (Å²) >= 11 is 0. The first-order valence-corrected chi connectivity index (χ1v) is 4.45. The van der Waals surface area contributed by atoms with Gasteiger partial charge in [-0.15, -0.1) is 0 Å². The van der Waals surface area contributed by atoms with Gasteiger partial charge in [-0.25, -0.2) is 17.6 Å². The molecule has 0 aromatic heterocycles. The van der Waals surface area contributed by atoms with Crippen LogP contribution in [-0.2, 0) is 4.79 Å². The minimum Gasteiger partial charge on any atom is -0.481 e. The Hall–Kier alpha value is -1.59. The Morgan fingerprint density at radius 2 is 1.81 bits per heavy atom. The Bertz CT molecular complexity index is 431. The number of halogens is 4. The summed E-state index contributed by atoms with van der Waals surface area (Å²) in [4.78, 5) is 10.7. The van der Waals surface area contributed by atoms with Crippen LogP contribution in [-0.4, -0.2) is 11.1 Å². The first-order valence-electron chi connectivity index (χ1n) is 4.45. The molecule has 0 bridgehead atoms. The number of carbonyl (C=O) groups is 1. The average Bonchev–Trinajstić information content (AvgIpc) is 2.23. The van der Waals surface area contributed by atoms with Gasteiger partial charge in [-0.1, -0.05) is 6.92 Å². The van der Waals surface area contributed by atoms with Crippen LogP contribution in [0.3, 0.4) is 0 Å². The topological polar surface area (TPSA) is 37.3 Å². The molecule has 1 N–H and O–H groups in total. The van der Waals surface area contributed by atoms with Crippen LogP contribution in [0.25, 0.3) is 0 Å². The Balaban J connectivity index is 3.39. The molecule has 0 saturated heterocycles. The molecular formula is C10H8F4O2. The smallest absolute Gasteiger partial charge is 0.311 e. The molecule has 0 saturated carbocycles. The van der Waals surface area contributed by atoms with E-state index < -0.39 is 40.7 Å². The molecule has 88 valence electrons. The van der Waals surface area contributed by atoms with Crippen molar-refractivity contribution < 1.29 is 27.5 Å². The van der Waals surface area contributed by atoms with Crippen molar-refractivity contribution in [2.45, 2.75) is 19.3 Å². The lowest BCUT2D eigenvalue weighted by Gasteiger charge is -2.12. The average molecular weight is 236 g/mol. The zero-order chi connectivity index (χ0) is 12.5. The molecule has 0 amide bonds. The van der Waals surface area contributed by atoms with Gasteiger partial charge in [0.2, 0.25) is 0 Å². The first kappa shape index (κ1) is 12.5. The number of hydrogen-bond donors (Lipinski definition) is 1. The van der Waals surface area contributed by atoms with Crippen LogP contribution in [0.2, 0.25) is 0 Å². The van der Waals surface area contributed by atoms with E-state index in [1.807, 2.05) is 0 Å². The zero-order valence-electron chi connectivity index (χ0n) is 8.23. The lowest BCUT2D eigenvalue weighted by molar-refractivity contribution is -0.138. The second-order valence-electron chi connectivity index (χ2n) is 3.19. The fourth-order valence-corrected chi connectivity index (χ4v) is 1.37. The van der Waals surface area contributed by atoms with E-state index >= 15 is 0 Å². The number of rotatable bonds is 3. The standard InChI is InChI=1S/C10H8F4O2/c1-2-4(10(15)16)5-3-6(11)8(13)9(14)7(5)12/h3-4H,2H2,1H3,(H,15,16). The second kappa shape index (κ2) is 4.51. The Morgan fingerprint density at radius 1 is 1.25 bits per heavy atom. The number of aliphatic carboxylic acids is 1. The summed E-state index contributed by atoms with van der Waals surface area (Å²) < 4.78 is 51.4. The third kappa shape index (κ3) is 2.00. The normalized spacial score (nSPS) is 12.6. The SMILES string of the molecule is CCC(C(=O)O)c1cc(F)c(F)c(F)c1F. The number of carboxylic acid groups (broad SMARTS) is 1. The zero-order valence-corrected chi connectivity index (χ0v) is 8.23. The molecule has 1 rings (SSSR count). The quantitative estimate of drug-likeness (QED) is 0.497. The molecule has 1 atom stereocenters. The molecule has 2 nitrogen and oxygen atoms in total. The third-order valence-corrected chi connectivity index (χ3v) is 2.21. The van der Waals surface area contributed by atoms with E-state index in [9.17, 15) is 22.4 Å². The molecule has 0 fully saturated rings. The van der Waals surface area contributed by atoms with Crippen molar-refractivity contribution in [3.63, 3.8) is 0 Å². The lowest BCUT2D eigenvalue weighted by Crippen LogP contribution is -2.14. The highest BCUT2D eigenvalue weighted by atomic mass is 19.2. The van der Waals surface area contributed by atoms with E-state index in [2.05, 4.69) is 0 Å². The summed E-state index contributed by atoms with van der Waals surface area (Å²) in [5, 5.41) is 8.70. The van der Waals surface area contributed by atoms with Crippen LogP contribution in [0.1, 0.15) is 24.8 Å². The van der Waals surface area contributed by atoms with Gasteiger partial charge in [0, 0.05) is 5.56 Å². The maximum absolute atomic E-state index is 13.2. The van der Waals surface area contributed by atoms with Gasteiger partial charge in [-0.2, -0.15) is 0 Å². The molecule has 6 heteroatoms. The largest absolute Gasteiger partial charge is 0.481 e. The molecule has 1 unspecified atom stereocenters. The van der Waals surface area contributed by atoms with Gasteiger partial charge in [-0.3, -0.25) is 4.79 Å². The van der Waals surface area contributed by atoms with Gasteiger partial charge in [-0.05, 0) is 12.5 Å². The van der Waals surface area contributed by atoms with E-state index in [1.165, 1.54) is 6.92 Å². The fourth-order valence-electron chi connectivity index (χ4n) is 1.37. The monoisotopic (exact) mass is 236 g/mol. The van der Waals surface area contributed by atoms with Crippen LogP contribution in [0.15, 0.2) is 6.07 Å². The lowest BCUT2D eigenvalue weighted by atomic mass is 9.95. The predicted octanol–water partition coefficient (Wildman–Crippen LogP) is 2.82. The summed E-state index contributed by atoms with van der Waals surface area (Å²) in [6.45, 7) is 1.41. The van der Waals surface area contributed by atoms with E-state index in [-0.39, 0.29) is 6.42 Å². The van der Waals surface area contributed by atoms with Crippen molar-refractivity contribution in [3.05, 3.63) is 34.9 Å². The van der Waals surface area contributed by atoms with Crippen LogP contribution >= 0.6 is 0 Å². The Kier molecular flexibility index (Phi) is 3.51. The van der Waals surface area contributed by atoms with Crippen molar-refractivity contribution in [1.29, 1.82) is 0 Å². The minimum absolute atomic E-state index is 0.0588. The van der Waals surface area contributed by atoms with Crippen LogP contribution < -0.4 is 0 Å². The first-order chi connectivity index (χ1) is 7.40. The van der Waals surface area contributed by atoms with Crippen LogP contribution in [0, 0.1) is 23.3 Å². The fraction of sp³-hybridized carbons (Fsp3) is 0.300.